The Labute approximate surface area is 190 Å². The Morgan fingerprint density at radius 2 is 1.97 bits per heavy atom. The number of fused-ring (bicyclic) bond motifs is 3. The van der Waals surface area contributed by atoms with Crippen molar-refractivity contribution in [3.05, 3.63) is 63.9 Å². The molecule has 0 aliphatic rings. The Kier molecular flexibility index (Phi) is 6.70. The number of para-hydroxylation sites is 1. The topological polar surface area (TPSA) is 85.2 Å². The number of carbonyl (C=O) groups is 1. The second kappa shape index (κ2) is 9.82. The number of ether oxygens (including phenoxy) is 1. The van der Waals surface area contributed by atoms with Gasteiger partial charge in [0.1, 0.15) is 16.1 Å². The molecule has 8 heteroatoms. The van der Waals surface area contributed by atoms with E-state index in [-0.39, 0.29) is 11.5 Å². The highest BCUT2D eigenvalue weighted by Crippen LogP contribution is 2.39. The van der Waals surface area contributed by atoms with E-state index in [9.17, 15) is 9.59 Å². The number of unbranched alkanes of at least 4 members (excludes halogenated alkanes) is 1. The summed E-state index contributed by atoms with van der Waals surface area (Å²) in [6.07, 6.45) is 3.52. The van der Waals surface area contributed by atoms with Gasteiger partial charge in [0.15, 0.2) is 5.75 Å². The molecular formula is C24H26N4O3S. The molecule has 0 bridgehead atoms. The Bertz CT molecular complexity index is 1300. The zero-order valence-electron chi connectivity index (χ0n) is 18.2. The molecule has 3 aromatic heterocycles. The van der Waals surface area contributed by atoms with Crippen LogP contribution in [0, 0.1) is 0 Å². The molecule has 0 unspecified atom stereocenters. The van der Waals surface area contributed by atoms with E-state index in [4.69, 9.17) is 4.74 Å². The van der Waals surface area contributed by atoms with Gasteiger partial charge in [-0.25, -0.2) is 4.98 Å². The van der Waals surface area contributed by atoms with Crippen LogP contribution in [0.15, 0.2) is 53.5 Å². The third-order valence-electron chi connectivity index (χ3n) is 5.23. The fraction of sp³-hybridized carbons (Fsp3) is 0.292. The van der Waals surface area contributed by atoms with Crippen LogP contribution in [0.4, 0.5) is 5.82 Å². The molecule has 0 aliphatic carbocycles. The third kappa shape index (κ3) is 4.31. The number of aryl methyl sites for hydroxylation is 1. The van der Waals surface area contributed by atoms with Crippen molar-refractivity contribution in [3.8, 4) is 5.75 Å². The Morgan fingerprint density at radius 1 is 1.16 bits per heavy atom. The van der Waals surface area contributed by atoms with E-state index in [1.54, 1.807) is 17.8 Å². The Morgan fingerprint density at radius 3 is 2.75 bits per heavy atom. The first-order valence-electron chi connectivity index (χ1n) is 10.7. The molecule has 3 heterocycles. The van der Waals surface area contributed by atoms with Crippen molar-refractivity contribution in [3.63, 3.8) is 0 Å². The average molecular weight is 451 g/mol. The molecule has 0 spiro atoms. The van der Waals surface area contributed by atoms with Gasteiger partial charge in [0, 0.05) is 31.7 Å². The monoisotopic (exact) mass is 450 g/mol. The first kappa shape index (κ1) is 21.8. The van der Waals surface area contributed by atoms with Crippen LogP contribution >= 0.6 is 11.3 Å². The van der Waals surface area contributed by atoms with Gasteiger partial charge in [0.25, 0.3) is 11.5 Å². The van der Waals surface area contributed by atoms with Crippen molar-refractivity contribution in [2.75, 3.05) is 25.0 Å². The average Bonchev–Trinajstić information content (AvgIpc) is 3.21. The van der Waals surface area contributed by atoms with E-state index in [1.165, 1.54) is 11.3 Å². The molecule has 4 rings (SSSR count). The van der Waals surface area contributed by atoms with Crippen LogP contribution in [0.3, 0.4) is 0 Å². The number of aromatic nitrogens is 2. The maximum absolute atomic E-state index is 13.2. The number of carbonyl (C=O) groups excluding carboxylic acids is 1. The van der Waals surface area contributed by atoms with E-state index in [2.05, 4.69) is 22.5 Å². The van der Waals surface area contributed by atoms with Crippen LogP contribution in [0.25, 0.3) is 21.0 Å². The highest BCUT2D eigenvalue weighted by molar-refractivity contribution is 7.22. The lowest BCUT2D eigenvalue weighted by Crippen LogP contribution is -2.28. The van der Waals surface area contributed by atoms with Gasteiger partial charge in [-0.3, -0.25) is 9.59 Å². The van der Waals surface area contributed by atoms with E-state index >= 15 is 0 Å². The van der Waals surface area contributed by atoms with Crippen LogP contribution in [-0.2, 0) is 7.05 Å². The third-order valence-corrected chi connectivity index (χ3v) is 6.43. The van der Waals surface area contributed by atoms with E-state index in [0.717, 1.165) is 34.3 Å². The zero-order chi connectivity index (χ0) is 22.5. The molecule has 4 aromatic rings. The summed E-state index contributed by atoms with van der Waals surface area (Å²) in [5.41, 5.74) is 0.676. The minimum absolute atomic E-state index is 0.155. The molecule has 0 saturated carbocycles. The summed E-state index contributed by atoms with van der Waals surface area (Å²) in [6.45, 7) is 3.48. The van der Waals surface area contributed by atoms with Crippen LogP contribution in [0.2, 0.25) is 0 Å². The molecule has 0 radical (unpaired) electrons. The number of rotatable bonds is 9. The molecule has 1 amide bonds. The van der Waals surface area contributed by atoms with Gasteiger partial charge in [0.05, 0.1) is 16.8 Å². The lowest BCUT2D eigenvalue weighted by atomic mass is 10.1. The molecule has 32 heavy (non-hydrogen) atoms. The second-order valence-electron chi connectivity index (χ2n) is 7.45. The molecule has 2 N–H and O–H groups in total. The Hall–Kier alpha value is -3.39. The number of benzene rings is 1. The van der Waals surface area contributed by atoms with Crippen molar-refractivity contribution in [2.45, 2.75) is 19.8 Å². The summed E-state index contributed by atoms with van der Waals surface area (Å²) in [5.74, 6) is 0.897. The first-order valence-corrected chi connectivity index (χ1v) is 11.5. The van der Waals surface area contributed by atoms with E-state index in [1.807, 2.05) is 42.5 Å². The standard InChI is InChI=1S/C24H26N4O3S/c1-3-4-15-31-20-19-21(16-9-5-6-10-17(16)28(2)24(19)30)32-22(20)23(29)27-14-13-26-18-11-7-8-12-25-18/h5-12H,3-4,13-15H2,1-2H3,(H,25,26)(H,27,29). The molecule has 0 saturated heterocycles. The van der Waals surface area contributed by atoms with Crippen molar-refractivity contribution < 1.29 is 9.53 Å². The predicted molar refractivity (Wildman–Crippen MR) is 130 cm³/mol. The fourth-order valence-corrected chi connectivity index (χ4v) is 4.74. The fourth-order valence-electron chi connectivity index (χ4n) is 3.56. The normalized spacial score (nSPS) is 11.1. The number of anilines is 1. The smallest absolute Gasteiger partial charge is 0.265 e. The molecule has 0 atom stereocenters. The maximum Gasteiger partial charge on any atom is 0.265 e. The maximum atomic E-state index is 13.2. The predicted octanol–water partition coefficient (Wildman–Crippen LogP) is 4.17. The summed E-state index contributed by atoms with van der Waals surface area (Å²) in [6, 6.07) is 13.3. The van der Waals surface area contributed by atoms with Gasteiger partial charge in [-0.15, -0.1) is 11.3 Å². The first-order chi connectivity index (χ1) is 15.6. The van der Waals surface area contributed by atoms with Crippen molar-refractivity contribution in [1.82, 2.24) is 14.9 Å². The second-order valence-corrected chi connectivity index (χ2v) is 8.47. The number of thiophene rings is 1. The summed E-state index contributed by atoms with van der Waals surface area (Å²) in [4.78, 5) is 30.9. The number of amides is 1. The lowest BCUT2D eigenvalue weighted by Gasteiger charge is -2.10. The zero-order valence-corrected chi connectivity index (χ0v) is 19.0. The van der Waals surface area contributed by atoms with Gasteiger partial charge in [0.2, 0.25) is 0 Å². The highest BCUT2D eigenvalue weighted by atomic mass is 32.1. The SMILES string of the molecule is CCCCOc1c(C(=O)NCCNc2ccccn2)sc2c1c(=O)n(C)c1ccccc21. The summed E-state index contributed by atoms with van der Waals surface area (Å²) in [5, 5.41) is 7.52. The molecule has 7 nitrogen and oxygen atoms in total. The molecule has 166 valence electrons. The van der Waals surface area contributed by atoms with Crippen molar-refractivity contribution >= 4 is 44.1 Å². The number of nitrogens with one attached hydrogen (secondary N) is 2. The van der Waals surface area contributed by atoms with E-state index < -0.39 is 0 Å². The largest absolute Gasteiger partial charge is 0.491 e. The van der Waals surface area contributed by atoms with E-state index in [0.29, 0.717) is 35.7 Å². The minimum atomic E-state index is -0.244. The molecule has 0 aliphatic heterocycles. The quantitative estimate of drug-likeness (QED) is 0.374. The Balaban J connectivity index is 1.65. The van der Waals surface area contributed by atoms with Crippen LogP contribution in [0.1, 0.15) is 29.4 Å². The van der Waals surface area contributed by atoms with Gasteiger partial charge >= 0.3 is 0 Å². The minimum Gasteiger partial charge on any atom is -0.491 e. The van der Waals surface area contributed by atoms with Gasteiger partial charge in [-0.2, -0.15) is 0 Å². The summed E-state index contributed by atoms with van der Waals surface area (Å²) >= 11 is 1.31. The van der Waals surface area contributed by atoms with Gasteiger partial charge in [-0.1, -0.05) is 37.6 Å². The molecule has 1 aromatic carbocycles. The number of pyridine rings is 2. The van der Waals surface area contributed by atoms with Gasteiger partial charge in [-0.05, 0) is 24.6 Å². The number of hydrogen-bond donors (Lipinski definition) is 2. The van der Waals surface area contributed by atoms with Gasteiger partial charge < -0.3 is 19.9 Å². The van der Waals surface area contributed by atoms with Crippen LogP contribution in [-0.4, -0.2) is 35.2 Å². The lowest BCUT2D eigenvalue weighted by molar-refractivity contribution is 0.0955. The number of nitrogens with zero attached hydrogens (tertiary/aromatic N) is 2. The summed E-state index contributed by atoms with van der Waals surface area (Å²) < 4.78 is 8.43. The van der Waals surface area contributed by atoms with Crippen LogP contribution < -0.4 is 20.9 Å². The van der Waals surface area contributed by atoms with Crippen molar-refractivity contribution in [1.29, 1.82) is 0 Å². The van der Waals surface area contributed by atoms with Crippen LogP contribution in [0.5, 0.6) is 5.75 Å². The highest BCUT2D eigenvalue weighted by Gasteiger charge is 2.24. The molecular weight excluding hydrogens is 424 g/mol. The number of hydrogen-bond acceptors (Lipinski definition) is 6. The van der Waals surface area contributed by atoms with Crippen molar-refractivity contribution in [2.24, 2.45) is 7.05 Å². The molecule has 0 fully saturated rings. The summed E-state index contributed by atoms with van der Waals surface area (Å²) in [7, 11) is 1.75.